The van der Waals surface area contributed by atoms with Crippen LogP contribution in [0.4, 0.5) is 0 Å². The molecule has 0 unspecified atom stereocenters. The summed E-state index contributed by atoms with van der Waals surface area (Å²) in [6, 6.07) is 8.28. The maximum atomic E-state index is 12.7. The van der Waals surface area contributed by atoms with Crippen LogP contribution in [0.1, 0.15) is 18.7 Å². The molecular formula is C22H24N4O7S. The summed E-state index contributed by atoms with van der Waals surface area (Å²) < 4.78 is 47.8. The van der Waals surface area contributed by atoms with Gasteiger partial charge < -0.3 is 18.7 Å². The van der Waals surface area contributed by atoms with E-state index in [1.807, 2.05) is 0 Å². The number of piperidine rings is 1. The van der Waals surface area contributed by atoms with Gasteiger partial charge in [-0.15, -0.1) is 0 Å². The minimum atomic E-state index is -3.63. The second kappa shape index (κ2) is 10.2. The Bertz CT molecular complexity index is 1240. The molecule has 0 atom stereocenters. The molecule has 34 heavy (non-hydrogen) atoms. The molecule has 1 aliphatic rings. The van der Waals surface area contributed by atoms with Crippen molar-refractivity contribution in [3.05, 3.63) is 48.6 Å². The molecule has 180 valence electrons. The van der Waals surface area contributed by atoms with Crippen LogP contribution in [-0.2, 0) is 26.2 Å². The number of esters is 1. The number of hydrogen-bond acceptors (Lipinski definition) is 10. The lowest BCUT2D eigenvalue weighted by Gasteiger charge is -2.29. The summed E-state index contributed by atoms with van der Waals surface area (Å²) in [6.45, 7) is 0.273. The monoisotopic (exact) mass is 488 g/mol. The van der Waals surface area contributed by atoms with Gasteiger partial charge in [0.1, 0.15) is 4.90 Å². The molecule has 0 bridgehead atoms. The van der Waals surface area contributed by atoms with Gasteiger partial charge in [-0.05, 0) is 43.2 Å². The van der Waals surface area contributed by atoms with Gasteiger partial charge in [0.05, 0.1) is 20.1 Å². The molecular weight excluding hydrogens is 464 g/mol. The fourth-order valence-corrected chi connectivity index (χ4v) is 5.07. The quantitative estimate of drug-likeness (QED) is 0.435. The van der Waals surface area contributed by atoms with E-state index in [4.69, 9.17) is 18.7 Å². The van der Waals surface area contributed by atoms with Crippen molar-refractivity contribution >= 4 is 16.0 Å². The predicted molar refractivity (Wildman–Crippen MR) is 118 cm³/mol. The van der Waals surface area contributed by atoms with Gasteiger partial charge >= 0.3 is 5.97 Å². The first-order chi connectivity index (χ1) is 16.4. The number of hydrogen-bond donors (Lipinski definition) is 0. The SMILES string of the molecule is COc1ccc(-c2noc(COC(=O)C3CCN(S(=O)(=O)c4cccnc4)CC3)n2)cc1OC. The van der Waals surface area contributed by atoms with Crippen molar-refractivity contribution in [2.24, 2.45) is 5.92 Å². The van der Waals surface area contributed by atoms with Crippen LogP contribution >= 0.6 is 0 Å². The highest BCUT2D eigenvalue weighted by Crippen LogP contribution is 2.31. The van der Waals surface area contributed by atoms with E-state index < -0.39 is 21.9 Å². The predicted octanol–water partition coefficient (Wildman–Crippen LogP) is 2.29. The summed E-state index contributed by atoms with van der Waals surface area (Å²) >= 11 is 0. The third kappa shape index (κ3) is 5.02. The lowest BCUT2D eigenvalue weighted by molar-refractivity contribution is -0.152. The molecule has 4 rings (SSSR count). The van der Waals surface area contributed by atoms with Gasteiger partial charge in [-0.1, -0.05) is 5.16 Å². The van der Waals surface area contributed by atoms with Gasteiger partial charge in [0.25, 0.3) is 5.89 Å². The average Bonchev–Trinajstić information content (AvgIpc) is 3.36. The highest BCUT2D eigenvalue weighted by molar-refractivity contribution is 7.89. The van der Waals surface area contributed by atoms with Crippen LogP contribution in [0, 0.1) is 5.92 Å². The van der Waals surface area contributed by atoms with Crippen LogP contribution in [0.25, 0.3) is 11.4 Å². The second-order valence-electron chi connectivity index (χ2n) is 7.56. The molecule has 0 N–H and O–H groups in total. The Hall–Kier alpha value is -3.51. The van der Waals surface area contributed by atoms with E-state index in [1.165, 1.54) is 29.9 Å². The molecule has 0 radical (unpaired) electrons. The molecule has 0 saturated carbocycles. The smallest absolute Gasteiger partial charge is 0.309 e. The number of methoxy groups -OCH3 is 2. The first-order valence-corrected chi connectivity index (χ1v) is 12.0. The number of pyridine rings is 1. The first kappa shape index (κ1) is 23.6. The minimum absolute atomic E-state index is 0.137. The van der Waals surface area contributed by atoms with Gasteiger partial charge in [-0.25, -0.2) is 8.42 Å². The number of aromatic nitrogens is 3. The molecule has 2 aromatic heterocycles. The maximum Gasteiger partial charge on any atom is 0.309 e. The lowest BCUT2D eigenvalue weighted by Crippen LogP contribution is -2.40. The number of ether oxygens (including phenoxy) is 3. The summed E-state index contributed by atoms with van der Waals surface area (Å²) in [7, 11) is -0.558. The number of rotatable bonds is 8. The average molecular weight is 489 g/mol. The molecule has 0 spiro atoms. The standard InChI is InChI=1S/C22H24N4O7S/c1-30-18-6-5-16(12-19(18)31-2)21-24-20(33-25-21)14-32-22(27)15-7-10-26(11-8-15)34(28,29)17-4-3-9-23-13-17/h3-6,9,12-13,15H,7-8,10-11,14H2,1-2H3. The first-order valence-electron chi connectivity index (χ1n) is 10.5. The van der Waals surface area contributed by atoms with Crippen LogP contribution in [-0.4, -0.2) is 61.1 Å². The highest BCUT2D eigenvalue weighted by atomic mass is 32.2. The Kier molecular flexibility index (Phi) is 7.08. The number of carbonyl (C=O) groups excluding carboxylic acids is 1. The van der Waals surface area contributed by atoms with Gasteiger partial charge in [-0.2, -0.15) is 9.29 Å². The van der Waals surface area contributed by atoms with Crippen molar-refractivity contribution in [3.8, 4) is 22.9 Å². The number of nitrogens with zero attached hydrogens (tertiary/aromatic N) is 4. The van der Waals surface area contributed by atoms with E-state index >= 15 is 0 Å². The Morgan fingerprint density at radius 1 is 1.15 bits per heavy atom. The largest absolute Gasteiger partial charge is 0.493 e. The highest BCUT2D eigenvalue weighted by Gasteiger charge is 2.33. The summed E-state index contributed by atoms with van der Waals surface area (Å²) in [5.74, 6) is 0.728. The van der Waals surface area contributed by atoms with E-state index in [1.54, 1.807) is 31.4 Å². The third-order valence-electron chi connectivity index (χ3n) is 5.51. The molecule has 11 nitrogen and oxygen atoms in total. The number of benzene rings is 1. The van der Waals surface area contributed by atoms with Crippen LogP contribution in [0.5, 0.6) is 11.5 Å². The molecule has 12 heteroatoms. The Balaban J connectivity index is 1.31. The van der Waals surface area contributed by atoms with Crippen molar-refractivity contribution in [1.29, 1.82) is 0 Å². The molecule has 0 aliphatic carbocycles. The summed E-state index contributed by atoms with van der Waals surface area (Å²) in [5, 5.41) is 3.92. The van der Waals surface area contributed by atoms with Crippen LogP contribution < -0.4 is 9.47 Å². The van der Waals surface area contributed by atoms with Gasteiger partial charge in [0.2, 0.25) is 15.8 Å². The van der Waals surface area contributed by atoms with E-state index in [-0.39, 0.29) is 30.5 Å². The Morgan fingerprint density at radius 2 is 1.91 bits per heavy atom. The van der Waals surface area contributed by atoms with E-state index in [9.17, 15) is 13.2 Å². The maximum absolute atomic E-state index is 12.7. The van der Waals surface area contributed by atoms with E-state index in [0.717, 1.165) is 0 Å². The van der Waals surface area contributed by atoms with E-state index in [0.29, 0.717) is 35.7 Å². The van der Waals surface area contributed by atoms with Crippen LogP contribution in [0.3, 0.4) is 0 Å². The molecule has 1 saturated heterocycles. The molecule has 3 heterocycles. The normalized spacial score (nSPS) is 15.1. The van der Waals surface area contributed by atoms with Crippen molar-refractivity contribution < 1.29 is 31.9 Å². The third-order valence-corrected chi connectivity index (χ3v) is 7.39. The Morgan fingerprint density at radius 3 is 2.59 bits per heavy atom. The molecule has 1 aromatic carbocycles. The fourth-order valence-electron chi connectivity index (χ4n) is 3.64. The van der Waals surface area contributed by atoms with Crippen LogP contribution in [0.2, 0.25) is 0 Å². The minimum Gasteiger partial charge on any atom is -0.493 e. The lowest BCUT2D eigenvalue weighted by atomic mass is 9.98. The van der Waals surface area contributed by atoms with Crippen molar-refractivity contribution in [2.45, 2.75) is 24.3 Å². The zero-order chi connectivity index (χ0) is 24.1. The second-order valence-corrected chi connectivity index (χ2v) is 9.49. The van der Waals surface area contributed by atoms with Crippen molar-refractivity contribution in [1.82, 2.24) is 19.4 Å². The molecule has 1 fully saturated rings. The molecule has 0 amide bonds. The van der Waals surface area contributed by atoms with Gasteiger partial charge in [0.15, 0.2) is 18.1 Å². The summed E-state index contributed by atoms with van der Waals surface area (Å²) in [4.78, 5) is 20.8. The number of sulfonamides is 1. The van der Waals surface area contributed by atoms with Gasteiger partial charge in [-0.3, -0.25) is 9.78 Å². The van der Waals surface area contributed by atoms with E-state index in [2.05, 4.69) is 15.1 Å². The number of carbonyl (C=O) groups is 1. The summed E-state index contributed by atoms with van der Waals surface area (Å²) in [5.41, 5.74) is 0.654. The fraction of sp³-hybridized carbons (Fsp3) is 0.364. The summed E-state index contributed by atoms with van der Waals surface area (Å²) in [6.07, 6.45) is 3.55. The Labute approximate surface area is 196 Å². The van der Waals surface area contributed by atoms with Crippen LogP contribution in [0.15, 0.2) is 52.1 Å². The molecule has 3 aromatic rings. The topological polar surface area (TPSA) is 134 Å². The van der Waals surface area contributed by atoms with Crippen molar-refractivity contribution in [2.75, 3.05) is 27.3 Å². The zero-order valence-corrected chi connectivity index (χ0v) is 19.5. The van der Waals surface area contributed by atoms with Gasteiger partial charge in [0, 0.05) is 31.0 Å². The molecule has 1 aliphatic heterocycles. The zero-order valence-electron chi connectivity index (χ0n) is 18.7. The van der Waals surface area contributed by atoms with Crippen molar-refractivity contribution in [3.63, 3.8) is 0 Å².